The van der Waals surface area contributed by atoms with E-state index in [9.17, 15) is 9.90 Å². The van der Waals surface area contributed by atoms with Crippen molar-refractivity contribution in [2.75, 3.05) is 42.6 Å². The Morgan fingerprint density at radius 2 is 1.89 bits per heavy atom. The summed E-state index contributed by atoms with van der Waals surface area (Å²) in [5.74, 6) is 1.65. The summed E-state index contributed by atoms with van der Waals surface area (Å²) in [6.45, 7) is 3.26. The summed E-state index contributed by atoms with van der Waals surface area (Å²) in [5.41, 5.74) is 1.07. The van der Waals surface area contributed by atoms with Crippen molar-refractivity contribution in [1.82, 2.24) is 14.9 Å². The first-order chi connectivity index (χ1) is 13.6. The number of hydrogen-bond acceptors (Lipinski definition) is 6. The molecule has 1 atom stereocenters. The minimum atomic E-state index is 0.0794. The second-order valence-electron chi connectivity index (χ2n) is 7.27. The van der Waals surface area contributed by atoms with Crippen molar-refractivity contribution < 1.29 is 9.90 Å². The van der Waals surface area contributed by atoms with Gasteiger partial charge >= 0.3 is 0 Å². The van der Waals surface area contributed by atoms with E-state index in [0.29, 0.717) is 24.7 Å². The molecule has 4 rings (SSSR count). The number of aliphatic hydroxyl groups is 1. The zero-order valence-corrected chi connectivity index (χ0v) is 16.4. The molecule has 1 aromatic carbocycles. The molecule has 3 heterocycles. The van der Waals surface area contributed by atoms with Crippen LogP contribution in [0.2, 0.25) is 5.02 Å². The molecular weight excluding hydrogens is 378 g/mol. The van der Waals surface area contributed by atoms with Crippen molar-refractivity contribution >= 4 is 29.1 Å². The second-order valence-corrected chi connectivity index (χ2v) is 7.71. The van der Waals surface area contributed by atoms with E-state index in [1.165, 1.54) is 0 Å². The standard InChI is InChI=1S/C20H24ClN5O2/c21-16-5-3-15(4-6-16)11-25-9-8-24(12-20(25)28)18-10-19(23-14-22-18)26-7-1-2-17(26)13-27/h3-6,10,14,17,27H,1-2,7-9,11-13H2. The van der Waals surface area contributed by atoms with Crippen molar-refractivity contribution in [3.63, 3.8) is 0 Å². The summed E-state index contributed by atoms with van der Waals surface area (Å²) in [5, 5.41) is 10.3. The zero-order chi connectivity index (χ0) is 19.5. The Kier molecular flexibility index (Phi) is 5.64. The van der Waals surface area contributed by atoms with Crippen molar-refractivity contribution in [2.45, 2.75) is 25.4 Å². The quantitative estimate of drug-likeness (QED) is 0.825. The highest BCUT2D eigenvalue weighted by Crippen LogP contribution is 2.26. The molecular formula is C20H24ClN5O2. The van der Waals surface area contributed by atoms with Gasteiger partial charge < -0.3 is 19.8 Å². The number of anilines is 2. The smallest absolute Gasteiger partial charge is 0.242 e. The first-order valence-corrected chi connectivity index (χ1v) is 9.98. The van der Waals surface area contributed by atoms with Gasteiger partial charge in [-0.1, -0.05) is 23.7 Å². The number of hydrogen-bond donors (Lipinski definition) is 1. The van der Waals surface area contributed by atoms with Crippen molar-refractivity contribution in [3.8, 4) is 0 Å². The van der Waals surface area contributed by atoms with Crippen LogP contribution in [0.3, 0.4) is 0 Å². The molecule has 8 heteroatoms. The highest BCUT2D eigenvalue weighted by Gasteiger charge is 2.28. The second kappa shape index (κ2) is 8.32. The molecule has 0 bridgehead atoms. The van der Waals surface area contributed by atoms with Crippen LogP contribution in [0, 0.1) is 0 Å². The first kappa shape index (κ1) is 19.0. The van der Waals surface area contributed by atoms with Crippen LogP contribution in [0.15, 0.2) is 36.7 Å². The molecule has 1 N–H and O–H groups in total. The molecule has 2 aromatic rings. The van der Waals surface area contributed by atoms with Crippen molar-refractivity contribution in [2.24, 2.45) is 0 Å². The first-order valence-electron chi connectivity index (χ1n) is 9.61. The molecule has 2 fully saturated rings. The van der Waals surface area contributed by atoms with E-state index in [4.69, 9.17) is 11.6 Å². The minimum absolute atomic E-state index is 0.0794. The van der Waals surface area contributed by atoms with E-state index in [-0.39, 0.29) is 18.6 Å². The molecule has 1 amide bonds. The minimum Gasteiger partial charge on any atom is -0.394 e. The molecule has 2 saturated heterocycles. The summed E-state index contributed by atoms with van der Waals surface area (Å²) in [4.78, 5) is 27.4. The third-order valence-corrected chi connectivity index (χ3v) is 5.70. The van der Waals surface area contributed by atoms with E-state index in [1.54, 1.807) is 6.33 Å². The van der Waals surface area contributed by atoms with E-state index in [0.717, 1.165) is 43.1 Å². The number of carbonyl (C=O) groups is 1. The number of halogens is 1. The fraction of sp³-hybridized carbons (Fsp3) is 0.450. The van der Waals surface area contributed by atoms with Crippen LogP contribution in [-0.4, -0.2) is 64.7 Å². The molecule has 7 nitrogen and oxygen atoms in total. The van der Waals surface area contributed by atoms with Gasteiger partial charge in [0.15, 0.2) is 0 Å². The number of aliphatic hydroxyl groups excluding tert-OH is 1. The van der Waals surface area contributed by atoms with Gasteiger partial charge in [0.05, 0.1) is 19.2 Å². The van der Waals surface area contributed by atoms with Crippen LogP contribution in [0.1, 0.15) is 18.4 Å². The van der Waals surface area contributed by atoms with E-state index in [1.807, 2.05) is 40.1 Å². The van der Waals surface area contributed by atoms with Gasteiger partial charge in [0.25, 0.3) is 0 Å². The van der Waals surface area contributed by atoms with E-state index >= 15 is 0 Å². The van der Waals surface area contributed by atoms with Gasteiger partial charge in [-0.25, -0.2) is 9.97 Å². The highest BCUT2D eigenvalue weighted by atomic mass is 35.5. The summed E-state index contributed by atoms with van der Waals surface area (Å²) in [6.07, 6.45) is 3.56. The third-order valence-electron chi connectivity index (χ3n) is 5.45. The van der Waals surface area contributed by atoms with Gasteiger partial charge in [0, 0.05) is 37.3 Å². The molecule has 0 aliphatic carbocycles. The van der Waals surface area contributed by atoms with Gasteiger partial charge in [-0.05, 0) is 30.5 Å². The van der Waals surface area contributed by atoms with Crippen LogP contribution in [0.25, 0.3) is 0 Å². The molecule has 0 saturated carbocycles. The van der Waals surface area contributed by atoms with Crippen LogP contribution < -0.4 is 9.80 Å². The predicted molar refractivity (Wildman–Crippen MR) is 109 cm³/mol. The number of carbonyl (C=O) groups excluding carboxylic acids is 1. The molecule has 28 heavy (non-hydrogen) atoms. The molecule has 2 aliphatic rings. The molecule has 1 unspecified atom stereocenters. The fourth-order valence-corrected chi connectivity index (χ4v) is 4.00. The SMILES string of the molecule is O=C1CN(c2cc(N3CCCC3CO)ncn2)CCN1Cc1ccc(Cl)cc1. The third kappa shape index (κ3) is 4.05. The highest BCUT2D eigenvalue weighted by molar-refractivity contribution is 6.30. The van der Waals surface area contributed by atoms with Crippen molar-refractivity contribution in [3.05, 3.63) is 47.2 Å². The fourth-order valence-electron chi connectivity index (χ4n) is 3.88. The van der Waals surface area contributed by atoms with E-state index in [2.05, 4.69) is 14.9 Å². The molecule has 1 aromatic heterocycles. The number of benzene rings is 1. The summed E-state index contributed by atoms with van der Waals surface area (Å²) < 4.78 is 0. The number of piperazine rings is 1. The normalized spacial score (nSPS) is 20.1. The largest absolute Gasteiger partial charge is 0.394 e. The Balaban J connectivity index is 1.42. The maximum atomic E-state index is 12.7. The van der Waals surface area contributed by atoms with Gasteiger partial charge in [-0.2, -0.15) is 0 Å². The monoisotopic (exact) mass is 401 g/mol. The number of rotatable bonds is 5. The summed E-state index contributed by atoms with van der Waals surface area (Å²) in [7, 11) is 0. The van der Waals surface area contributed by atoms with Gasteiger partial charge in [0.1, 0.15) is 18.0 Å². The van der Waals surface area contributed by atoms with E-state index < -0.39 is 0 Å². The van der Waals surface area contributed by atoms with Crippen LogP contribution in [0.4, 0.5) is 11.6 Å². The molecule has 2 aliphatic heterocycles. The van der Waals surface area contributed by atoms with Crippen LogP contribution in [0.5, 0.6) is 0 Å². The number of aromatic nitrogens is 2. The molecule has 0 spiro atoms. The van der Waals surface area contributed by atoms with Gasteiger partial charge in [-0.3, -0.25) is 4.79 Å². The Labute approximate surface area is 169 Å². The Hall–Kier alpha value is -2.38. The molecule has 148 valence electrons. The Bertz CT molecular complexity index is 832. The zero-order valence-electron chi connectivity index (χ0n) is 15.7. The topological polar surface area (TPSA) is 72.8 Å². The lowest BCUT2D eigenvalue weighted by molar-refractivity contribution is -0.131. The lowest BCUT2D eigenvalue weighted by atomic mass is 10.2. The number of amides is 1. The van der Waals surface area contributed by atoms with Gasteiger partial charge in [0.2, 0.25) is 5.91 Å². The predicted octanol–water partition coefficient (Wildman–Crippen LogP) is 1.94. The van der Waals surface area contributed by atoms with Gasteiger partial charge in [-0.15, -0.1) is 0 Å². The van der Waals surface area contributed by atoms with Crippen LogP contribution >= 0.6 is 11.6 Å². The lowest BCUT2D eigenvalue weighted by Crippen LogP contribution is -2.50. The molecule has 0 radical (unpaired) electrons. The maximum absolute atomic E-state index is 12.7. The lowest BCUT2D eigenvalue weighted by Gasteiger charge is -2.35. The Morgan fingerprint density at radius 3 is 2.64 bits per heavy atom. The average molecular weight is 402 g/mol. The number of nitrogens with zero attached hydrogens (tertiary/aromatic N) is 5. The summed E-state index contributed by atoms with van der Waals surface area (Å²) in [6, 6.07) is 9.63. The summed E-state index contributed by atoms with van der Waals surface area (Å²) >= 11 is 5.93. The van der Waals surface area contributed by atoms with Crippen LogP contribution in [-0.2, 0) is 11.3 Å². The Morgan fingerprint density at radius 1 is 1.11 bits per heavy atom. The average Bonchev–Trinajstić information content (AvgIpc) is 3.20. The van der Waals surface area contributed by atoms with Crippen molar-refractivity contribution in [1.29, 1.82) is 0 Å². The maximum Gasteiger partial charge on any atom is 0.242 e.